The summed E-state index contributed by atoms with van der Waals surface area (Å²) in [5.74, 6) is -1.15. The fraction of sp³-hybridized carbons (Fsp3) is 0.556. The van der Waals surface area contributed by atoms with Crippen molar-refractivity contribution in [1.82, 2.24) is 4.31 Å². The van der Waals surface area contributed by atoms with Gasteiger partial charge >= 0.3 is 12.1 Å². The Kier molecular flexibility index (Phi) is 6.26. The van der Waals surface area contributed by atoms with Crippen molar-refractivity contribution in [3.05, 3.63) is 29.6 Å². The first-order valence-corrected chi connectivity index (χ1v) is 10.1. The Morgan fingerprint density at radius 2 is 2.00 bits per heavy atom. The molecule has 0 bridgehead atoms. The van der Waals surface area contributed by atoms with E-state index in [1.807, 2.05) is 0 Å². The molecule has 1 fully saturated rings. The topological polar surface area (TPSA) is 85.3 Å². The Hall–Kier alpha value is -2.00. The average molecular weight is 400 g/mol. The number of methoxy groups -OCH3 is 1. The van der Waals surface area contributed by atoms with E-state index in [0.29, 0.717) is 18.4 Å². The highest BCUT2D eigenvalue weighted by Gasteiger charge is 2.40. The summed E-state index contributed by atoms with van der Waals surface area (Å²) >= 11 is 0. The molecule has 9 heteroatoms. The van der Waals surface area contributed by atoms with Crippen molar-refractivity contribution in [1.29, 1.82) is 0 Å². The van der Waals surface area contributed by atoms with E-state index in [4.69, 9.17) is 9.47 Å². The number of hydrogen-bond acceptors (Lipinski definition) is 5. The Balaban J connectivity index is 2.61. The van der Waals surface area contributed by atoms with E-state index < -0.39 is 39.4 Å². The van der Waals surface area contributed by atoms with Crippen LogP contribution in [0.25, 0.3) is 0 Å². The first-order valence-electron chi connectivity index (χ1n) is 8.59. The highest BCUT2D eigenvalue weighted by molar-refractivity contribution is 7.91. The summed E-state index contributed by atoms with van der Waals surface area (Å²) in [6, 6.07) is 3.15. The van der Waals surface area contributed by atoms with Gasteiger partial charge in [0.15, 0.2) is 9.92 Å². The number of carbonyl (C=O) groups excluding carboxylic acids is 2. The van der Waals surface area contributed by atoms with Crippen LogP contribution < -0.4 is 0 Å². The van der Waals surface area contributed by atoms with Crippen molar-refractivity contribution in [2.24, 2.45) is 4.36 Å². The molecular weight excluding hydrogens is 375 g/mol. The second kappa shape index (κ2) is 7.93. The highest BCUT2D eigenvalue weighted by atomic mass is 32.2. The van der Waals surface area contributed by atoms with E-state index in [1.54, 1.807) is 27.7 Å². The zero-order valence-electron chi connectivity index (χ0n) is 16.2. The van der Waals surface area contributed by atoms with Gasteiger partial charge in [-0.25, -0.2) is 13.4 Å². The first kappa shape index (κ1) is 21.3. The third-order valence-electron chi connectivity index (χ3n) is 4.04. The van der Waals surface area contributed by atoms with Gasteiger partial charge in [0.25, 0.3) is 0 Å². The van der Waals surface area contributed by atoms with Crippen LogP contribution in [0.4, 0.5) is 9.18 Å². The minimum Gasteiger partial charge on any atom is -0.468 e. The first-order chi connectivity index (χ1) is 12.5. The Bertz CT molecular complexity index is 856. The summed E-state index contributed by atoms with van der Waals surface area (Å²) < 4.78 is 43.1. The lowest BCUT2D eigenvalue weighted by atomic mass is 10.2. The van der Waals surface area contributed by atoms with Gasteiger partial charge in [-0.3, -0.25) is 4.79 Å². The van der Waals surface area contributed by atoms with Crippen molar-refractivity contribution in [2.45, 2.75) is 57.1 Å². The van der Waals surface area contributed by atoms with Gasteiger partial charge in [0.1, 0.15) is 17.5 Å². The normalized spacial score (nSPS) is 20.0. The van der Waals surface area contributed by atoms with Gasteiger partial charge in [-0.1, -0.05) is 6.07 Å². The Morgan fingerprint density at radius 3 is 2.56 bits per heavy atom. The smallest absolute Gasteiger partial charge is 0.443 e. The number of nitrogens with zero attached hydrogens (tertiary/aromatic N) is 2. The molecule has 2 rings (SSSR count). The third kappa shape index (κ3) is 4.84. The number of rotatable bonds is 3. The van der Waals surface area contributed by atoms with Crippen LogP contribution in [0.5, 0.6) is 0 Å². The van der Waals surface area contributed by atoms with E-state index in [-0.39, 0.29) is 11.4 Å². The molecule has 150 valence electrons. The molecule has 7 nitrogen and oxygen atoms in total. The standard InChI is InChI=1S/C18H25FN2O5S/c1-12-8-9-13(11-14(12)19)27(24,20-17(23)26-18(2,3)4)21-10-6-7-15(21)16(22)25-5/h8-9,11,15H,6-7,10H2,1-5H3/t15-,27+/m0/s1. The monoisotopic (exact) mass is 400 g/mol. The van der Waals surface area contributed by atoms with Crippen LogP contribution in [-0.4, -0.2) is 45.9 Å². The van der Waals surface area contributed by atoms with E-state index in [9.17, 15) is 18.2 Å². The number of benzene rings is 1. The predicted molar refractivity (Wildman–Crippen MR) is 98.0 cm³/mol. The molecule has 0 N–H and O–H groups in total. The fourth-order valence-electron chi connectivity index (χ4n) is 2.77. The molecule has 1 aromatic carbocycles. The molecule has 0 aliphatic carbocycles. The van der Waals surface area contributed by atoms with Crippen LogP contribution in [0.15, 0.2) is 27.5 Å². The van der Waals surface area contributed by atoms with Crippen LogP contribution in [0.1, 0.15) is 39.2 Å². The van der Waals surface area contributed by atoms with Gasteiger partial charge in [-0.05, 0) is 58.2 Å². The Labute approximate surface area is 159 Å². The molecule has 2 atom stereocenters. The summed E-state index contributed by atoms with van der Waals surface area (Å²) in [6.07, 6.45) is -0.0689. The van der Waals surface area contributed by atoms with Gasteiger partial charge in [-0.15, -0.1) is 4.36 Å². The molecule has 1 amide bonds. The zero-order chi connectivity index (χ0) is 20.4. The number of ether oxygens (including phenoxy) is 2. The maximum Gasteiger partial charge on any atom is 0.443 e. The molecule has 0 saturated carbocycles. The number of halogens is 1. The lowest BCUT2D eigenvalue weighted by Crippen LogP contribution is -2.41. The Morgan fingerprint density at radius 1 is 1.33 bits per heavy atom. The minimum atomic E-state index is -3.62. The van der Waals surface area contributed by atoms with E-state index in [1.165, 1.54) is 23.5 Å². The molecule has 0 unspecified atom stereocenters. The molecule has 0 spiro atoms. The second-order valence-electron chi connectivity index (χ2n) is 7.30. The molecule has 1 saturated heterocycles. The number of esters is 1. The second-order valence-corrected chi connectivity index (χ2v) is 9.42. The number of hydrogen-bond donors (Lipinski definition) is 0. The summed E-state index contributed by atoms with van der Waals surface area (Å²) in [6.45, 7) is 6.78. The molecule has 1 heterocycles. The molecule has 1 aromatic rings. The molecular formula is C18H25FN2O5S. The van der Waals surface area contributed by atoms with Crippen molar-refractivity contribution >= 4 is 22.0 Å². The zero-order valence-corrected chi connectivity index (χ0v) is 17.0. The van der Waals surface area contributed by atoms with Crippen molar-refractivity contribution in [3.63, 3.8) is 0 Å². The van der Waals surface area contributed by atoms with Gasteiger partial charge in [0.05, 0.1) is 12.0 Å². The van der Waals surface area contributed by atoms with Crippen LogP contribution in [0.3, 0.4) is 0 Å². The lowest BCUT2D eigenvalue weighted by Gasteiger charge is -2.26. The molecule has 0 radical (unpaired) electrons. The maximum atomic E-state index is 14.1. The lowest BCUT2D eigenvalue weighted by molar-refractivity contribution is -0.144. The summed E-state index contributed by atoms with van der Waals surface area (Å²) in [5.41, 5.74) is -0.477. The van der Waals surface area contributed by atoms with Crippen molar-refractivity contribution in [2.75, 3.05) is 13.7 Å². The van der Waals surface area contributed by atoms with E-state index in [2.05, 4.69) is 4.36 Å². The summed E-state index contributed by atoms with van der Waals surface area (Å²) in [7, 11) is -2.39. The van der Waals surface area contributed by atoms with Gasteiger partial charge in [-0.2, -0.15) is 4.31 Å². The summed E-state index contributed by atoms with van der Waals surface area (Å²) in [5, 5.41) is 0. The number of aryl methyl sites for hydroxylation is 1. The van der Waals surface area contributed by atoms with E-state index in [0.717, 1.165) is 6.07 Å². The third-order valence-corrected chi connectivity index (χ3v) is 6.37. The van der Waals surface area contributed by atoms with Gasteiger partial charge < -0.3 is 9.47 Å². The average Bonchev–Trinajstić information content (AvgIpc) is 3.05. The number of carbonyl (C=O) groups is 2. The highest BCUT2D eigenvalue weighted by Crippen LogP contribution is 2.30. The fourth-order valence-corrected chi connectivity index (χ4v) is 4.90. The van der Waals surface area contributed by atoms with Gasteiger partial charge in [0.2, 0.25) is 0 Å². The van der Waals surface area contributed by atoms with E-state index >= 15 is 0 Å². The van der Waals surface area contributed by atoms with Crippen LogP contribution in [0, 0.1) is 12.7 Å². The summed E-state index contributed by atoms with van der Waals surface area (Å²) in [4.78, 5) is 24.4. The minimum absolute atomic E-state index is 0.00672. The molecule has 27 heavy (non-hydrogen) atoms. The quantitative estimate of drug-likeness (QED) is 0.726. The maximum absolute atomic E-state index is 14.1. The molecule has 1 aliphatic heterocycles. The van der Waals surface area contributed by atoms with Gasteiger partial charge in [0, 0.05) is 6.54 Å². The van der Waals surface area contributed by atoms with Crippen molar-refractivity contribution in [3.8, 4) is 0 Å². The molecule has 1 aliphatic rings. The molecule has 0 aromatic heterocycles. The van der Waals surface area contributed by atoms with Crippen LogP contribution in [0.2, 0.25) is 0 Å². The number of amides is 1. The van der Waals surface area contributed by atoms with Crippen molar-refractivity contribution < 1.29 is 27.7 Å². The SMILES string of the molecule is COC(=O)[C@@H]1CCCN1[S@](=O)(=NC(=O)OC(C)(C)C)c1ccc(C)c(F)c1. The predicted octanol–water partition coefficient (Wildman–Crippen LogP) is 3.45. The van der Waals surface area contributed by atoms with Crippen LogP contribution >= 0.6 is 0 Å². The largest absolute Gasteiger partial charge is 0.468 e. The van der Waals surface area contributed by atoms with Crippen LogP contribution in [-0.2, 0) is 24.2 Å².